The molecule has 2 atom stereocenters. The Kier molecular flexibility index (Phi) is 5.13. The van der Waals surface area contributed by atoms with Crippen LogP contribution < -0.4 is 11.1 Å². The van der Waals surface area contributed by atoms with Crippen molar-refractivity contribution in [3.8, 4) is 6.07 Å². The number of nitrogens with two attached hydrogens (primary N) is 1. The van der Waals surface area contributed by atoms with Crippen molar-refractivity contribution in [2.75, 3.05) is 0 Å². The highest BCUT2D eigenvalue weighted by Crippen LogP contribution is 2.10. The molecular weight excluding hydrogens is 234 g/mol. The topological polar surface area (TPSA) is 78.9 Å². The zero-order chi connectivity index (χ0) is 12.8. The van der Waals surface area contributed by atoms with Gasteiger partial charge in [-0.2, -0.15) is 5.26 Å². The summed E-state index contributed by atoms with van der Waals surface area (Å²) in [6.45, 7) is 3.78. The van der Waals surface area contributed by atoms with Gasteiger partial charge in [0, 0.05) is 11.3 Å². The minimum absolute atomic E-state index is 0.0814. The SMILES string of the molecule is CC(C)[C@@H](C#N)NC(=O)[C@@H](N)Cc1cccs1. The van der Waals surface area contributed by atoms with Gasteiger partial charge in [-0.1, -0.05) is 19.9 Å². The maximum absolute atomic E-state index is 11.8. The number of hydrogen-bond acceptors (Lipinski definition) is 4. The van der Waals surface area contributed by atoms with E-state index in [-0.39, 0.29) is 11.8 Å². The second kappa shape index (κ2) is 6.38. The van der Waals surface area contributed by atoms with Gasteiger partial charge in [-0.3, -0.25) is 4.79 Å². The summed E-state index contributed by atoms with van der Waals surface area (Å²) in [5, 5.41) is 13.5. The molecule has 1 rings (SSSR count). The van der Waals surface area contributed by atoms with Crippen molar-refractivity contribution in [3.05, 3.63) is 22.4 Å². The Hall–Kier alpha value is -1.38. The zero-order valence-corrected chi connectivity index (χ0v) is 10.8. The van der Waals surface area contributed by atoms with Gasteiger partial charge < -0.3 is 11.1 Å². The summed E-state index contributed by atoms with van der Waals surface area (Å²) in [4.78, 5) is 12.8. The molecule has 0 spiro atoms. The largest absolute Gasteiger partial charge is 0.339 e. The first kappa shape index (κ1) is 13.7. The predicted octanol–water partition coefficient (Wildman–Crippen LogP) is 1.28. The first-order chi connectivity index (χ1) is 8.04. The molecule has 0 aliphatic heterocycles. The van der Waals surface area contributed by atoms with Crippen LogP contribution in [0.5, 0.6) is 0 Å². The van der Waals surface area contributed by atoms with E-state index in [9.17, 15) is 4.79 Å². The molecule has 1 aromatic rings. The van der Waals surface area contributed by atoms with E-state index in [2.05, 4.69) is 11.4 Å². The van der Waals surface area contributed by atoms with Crippen LogP contribution in [0.4, 0.5) is 0 Å². The van der Waals surface area contributed by atoms with E-state index in [0.717, 1.165) is 4.88 Å². The Bertz CT molecular complexity index is 394. The van der Waals surface area contributed by atoms with Gasteiger partial charge in [-0.05, 0) is 17.4 Å². The zero-order valence-electron chi connectivity index (χ0n) is 10.0. The van der Waals surface area contributed by atoms with Crippen LogP contribution in [-0.4, -0.2) is 18.0 Å². The van der Waals surface area contributed by atoms with E-state index in [0.29, 0.717) is 6.42 Å². The van der Waals surface area contributed by atoms with E-state index in [1.165, 1.54) is 0 Å². The van der Waals surface area contributed by atoms with Gasteiger partial charge in [0.15, 0.2) is 0 Å². The van der Waals surface area contributed by atoms with Crippen molar-refractivity contribution in [2.24, 2.45) is 11.7 Å². The quantitative estimate of drug-likeness (QED) is 0.827. The molecule has 0 aliphatic carbocycles. The molecule has 1 aromatic heterocycles. The number of nitriles is 1. The van der Waals surface area contributed by atoms with Crippen LogP contribution in [0.15, 0.2) is 17.5 Å². The fourth-order valence-corrected chi connectivity index (χ4v) is 2.11. The fraction of sp³-hybridized carbons (Fsp3) is 0.500. The lowest BCUT2D eigenvalue weighted by atomic mass is 10.1. The minimum atomic E-state index is -0.594. The van der Waals surface area contributed by atoms with Crippen molar-refractivity contribution < 1.29 is 4.79 Å². The molecule has 5 heteroatoms. The minimum Gasteiger partial charge on any atom is -0.339 e. The van der Waals surface area contributed by atoms with Crippen LogP contribution in [0.3, 0.4) is 0 Å². The van der Waals surface area contributed by atoms with E-state index in [1.54, 1.807) is 11.3 Å². The van der Waals surface area contributed by atoms with Crippen molar-refractivity contribution in [1.29, 1.82) is 5.26 Å². The Morgan fingerprint density at radius 2 is 2.35 bits per heavy atom. The number of amides is 1. The van der Waals surface area contributed by atoms with Crippen molar-refractivity contribution >= 4 is 17.2 Å². The molecule has 92 valence electrons. The van der Waals surface area contributed by atoms with Crippen LogP contribution in [-0.2, 0) is 11.2 Å². The molecule has 1 amide bonds. The highest BCUT2D eigenvalue weighted by atomic mass is 32.1. The number of hydrogen-bond donors (Lipinski definition) is 2. The van der Waals surface area contributed by atoms with Gasteiger partial charge in [-0.25, -0.2) is 0 Å². The highest BCUT2D eigenvalue weighted by Gasteiger charge is 2.20. The molecule has 17 heavy (non-hydrogen) atoms. The Morgan fingerprint density at radius 1 is 1.65 bits per heavy atom. The van der Waals surface area contributed by atoms with Gasteiger partial charge >= 0.3 is 0 Å². The number of carbonyl (C=O) groups is 1. The molecule has 0 saturated carbocycles. The van der Waals surface area contributed by atoms with Crippen molar-refractivity contribution in [2.45, 2.75) is 32.4 Å². The van der Waals surface area contributed by atoms with E-state index >= 15 is 0 Å². The molecule has 0 aliphatic rings. The van der Waals surface area contributed by atoms with Gasteiger partial charge in [0.05, 0.1) is 12.1 Å². The van der Waals surface area contributed by atoms with Crippen LogP contribution in [0.2, 0.25) is 0 Å². The van der Waals surface area contributed by atoms with E-state index < -0.39 is 12.1 Å². The third kappa shape index (κ3) is 4.17. The van der Waals surface area contributed by atoms with Gasteiger partial charge in [0.2, 0.25) is 5.91 Å². The van der Waals surface area contributed by atoms with E-state index in [1.807, 2.05) is 31.4 Å². The molecule has 1 heterocycles. The summed E-state index contributed by atoms with van der Waals surface area (Å²) in [5.74, 6) is -0.184. The first-order valence-corrected chi connectivity index (χ1v) is 6.40. The number of thiophene rings is 1. The average molecular weight is 251 g/mol. The van der Waals surface area contributed by atoms with E-state index in [4.69, 9.17) is 11.0 Å². The summed E-state index contributed by atoms with van der Waals surface area (Å²) in [5.41, 5.74) is 5.80. The highest BCUT2D eigenvalue weighted by molar-refractivity contribution is 7.09. The summed E-state index contributed by atoms with van der Waals surface area (Å²) in [7, 11) is 0. The van der Waals surface area contributed by atoms with Gasteiger partial charge in [0.25, 0.3) is 0 Å². The summed E-state index contributed by atoms with van der Waals surface area (Å²) in [6, 6.07) is 4.87. The van der Waals surface area contributed by atoms with Crippen LogP contribution in [0.1, 0.15) is 18.7 Å². The molecule has 0 bridgehead atoms. The summed E-state index contributed by atoms with van der Waals surface area (Å²) >= 11 is 1.57. The Morgan fingerprint density at radius 3 is 2.82 bits per heavy atom. The van der Waals surface area contributed by atoms with Crippen LogP contribution in [0.25, 0.3) is 0 Å². The van der Waals surface area contributed by atoms with Gasteiger partial charge in [-0.15, -0.1) is 11.3 Å². The standard InChI is InChI=1S/C12H17N3OS/c1-8(2)11(7-13)15-12(16)10(14)6-9-4-3-5-17-9/h3-5,8,10-11H,6,14H2,1-2H3,(H,15,16)/t10-,11+/m0/s1. The Labute approximate surface area is 105 Å². The second-order valence-corrected chi connectivity index (χ2v) is 5.28. The number of nitrogens with zero attached hydrogens (tertiary/aromatic N) is 1. The van der Waals surface area contributed by atoms with Crippen LogP contribution in [0, 0.1) is 17.2 Å². The van der Waals surface area contributed by atoms with Gasteiger partial charge in [0.1, 0.15) is 6.04 Å². The number of nitrogens with one attached hydrogen (secondary N) is 1. The normalized spacial score (nSPS) is 14.1. The lowest BCUT2D eigenvalue weighted by Crippen LogP contribution is -2.47. The maximum atomic E-state index is 11.8. The van der Waals surface area contributed by atoms with Crippen molar-refractivity contribution in [3.63, 3.8) is 0 Å². The molecule has 0 fully saturated rings. The molecule has 4 nitrogen and oxygen atoms in total. The lowest BCUT2D eigenvalue weighted by molar-refractivity contribution is -0.122. The monoisotopic (exact) mass is 251 g/mol. The number of rotatable bonds is 5. The van der Waals surface area contributed by atoms with Crippen LogP contribution >= 0.6 is 11.3 Å². The molecule has 0 radical (unpaired) electrons. The predicted molar refractivity (Wildman–Crippen MR) is 68.4 cm³/mol. The maximum Gasteiger partial charge on any atom is 0.238 e. The molecule has 0 saturated heterocycles. The summed E-state index contributed by atoms with van der Waals surface area (Å²) in [6.07, 6.45) is 0.514. The molecule has 0 unspecified atom stereocenters. The molecule has 3 N–H and O–H groups in total. The average Bonchev–Trinajstić information content (AvgIpc) is 2.77. The first-order valence-electron chi connectivity index (χ1n) is 5.52. The smallest absolute Gasteiger partial charge is 0.238 e. The Balaban J connectivity index is 2.50. The fourth-order valence-electron chi connectivity index (χ4n) is 1.35. The summed E-state index contributed by atoms with van der Waals surface area (Å²) < 4.78 is 0. The number of carbonyl (C=O) groups excluding carboxylic acids is 1. The second-order valence-electron chi connectivity index (χ2n) is 4.25. The molecular formula is C12H17N3OS. The lowest BCUT2D eigenvalue weighted by Gasteiger charge is -2.17. The molecule has 0 aromatic carbocycles. The third-order valence-corrected chi connectivity index (χ3v) is 3.34. The third-order valence-electron chi connectivity index (χ3n) is 2.44. The van der Waals surface area contributed by atoms with Crippen molar-refractivity contribution in [1.82, 2.24) is 5.32 Å².